The van der Waals surface area contributed by atoms with E-state index < -0.39 is 16.8 Å². The van der Waals surface area contributed by atoms with E-state index in [1.165, 1.54) is 19.2 Å². The maximum atomic E-state index is 12.0. The number of phenols is 1. The number of benzene rings is 1. The molecule has 0 aliphatic heterocycles. The van der Waals surface area contributed by atoms with Gasteiger partial charge in [-0.25, -0.2) is 0 Å². The molecule has 1 amide bonds. The molecule has 6 N–H and O–H groups in total. The van der Waals surface area contributed by atoms with Gasteiger partial charge in [0.25, 0.3) is 16.8 Å². The molecule has 0 radical (unpaired) electrons. The van der Waals surface area contributed by atoms with Crippen molar-refractivity contribution in [3.05, 3.63) is 38.1 Å². The maximum absolute atomic E-state index is 12.0. The van der Waals surface area contributed by atoms with E-state index in [0.29, 0.717) is 0 Å². The van der Waals surface area contributed by atoms with Crippen LogP contribution in [0.3, 0.4) is 0 Å². The van der Waals surface area contributed by atoms with Crippen molar-refractivity contribution in [3.8, 4) is 5.75 Å². The number of phenolic OH excluding ortho intramolecular Hbond substituents is 1. The van der Waals surface area contributed by atoms with Gasteiger partial charge in [-0.15, -0.1) is 0 Å². The van der Waals surface area contributed by atoms with Gasteiger partial charge in [-0.1, -0.05) is 20.8 Å². The molecule has 0 aromatic heterocycles. The third kappa shape index (κ3) is 3.49. The molecule has 26 heavy (non-hydrogen) atoms. The number of aromatic hydroxyl groups is 1. The molecule has 2 aromatic rings. The second kappa shape index (κ2) is 6.70. The first-order valence-corrected chi connectivity index (χ1v) is 8.18. The van der Waals surface area contributed by atoms with Crippen LogP contribution in [0, 0.1) is 5.41 Å². The molecule has 1 atom stereocenters. The van der Waals surface area contributed by atoms with Gasteiger partial charge < -0.3 is 26.8 Å². The van der Waals surface area contributed by atoms with E-state index in [1.807, 2.05) is 27.7 Å². The van der Waals surface area contributed by atoms with Crippen LogP contribution in [-0.4, -0.2) is 24.1 Å². The molecule has 8 nitrogen and oxygen atoms in total. The summed E-state index contributed by atoms with van der Waals surface area (Å²) in [6, 6.07) is 2.63. The van der Waals surface area contributed by atoms with Crippen molar-refractivity contribution in [3.63, 3.8) is 0 Å². The monoisotopic (exact) mass is 360 g/mol. The van der Waals surface area contributed by atoms with Gasteiger partial charge in [0.1, 0.15) is 11.4 Å². The highest BCUT2D eigenvalue weighted by Gasteiger charge is 2.28. The zero-order chi connectivity index (χ0) is 19.8. The van der Waals surface area contributed by atoms with E-state index in [1.54, 1.807) is 0 Å². The topological polar surface area (TPSA) is 134 Å². The number of carbonyl (C=O) groups excluding carboxylic acids is 1. The number of anilines is 4. The van der Waals surface area contributed by atoms with Crippen molar-refractivity contribution in [1.29, 1.82) is 0 Å². The molecule has 0 fully saturated rings. The zero-order valence-corrected chi connectivity index (χ0v) is 15.5. The Morgan fingerprint density at radius 3 is 2.27 bits per heavy atom. The summed E-state index contributed by atoms with van der Waals surface area (Å²) in [6.07, 6.45) is 0. The van der Waals surface area contributed by atoms with Crippen molar-refractivity contribution in [2.75, 3.05) is 23.4 Å². The zero-order valence-electron chi connectivity index (χ0n) is 15.5. The third-order valence-electron chi connectivity index (χ3n) is 4.43. The molecule has 0 heterocycles. The minimum Gasteiger partial charge on any atom is -0.505 e. The molecule has 8 heteroatoms. The van der Waals surface area contributed by atoms with Crippen LogP contribution in [0.5, 0.6) is 5.75 Å². The van der Waals surface area contributed by atoms with E-state index >= 15 is 0 Å². The average Bonchev–Trinajstić information content (AvgIpc) is 2.58. The number of nitrogens with two attached hydrogens (primary N) is 1. The van der Waals surface area contributed by atoms with Crippen LogP contribution in [0.4, 0.5) is 22.7 Å². The van der Waals surface area contributed by atoms with Crippen molar-refractivity contribution in [2.24, 2.45) is 5.41 Å². The number of nitrogens with one attached hydrogen (secondary N) is 3. The number of hydrogen-bond donors (Lipinski definition) is 5. The van der Waals surface area contributed by atoms with E-state index in [9.17, 15) is 19.5 Å². The number of carbonyl (C=O) groups is 1. The van der Waals surface area contributed by atoms with Crippen LogP contribution in [-0.2, 0) is 0 Å². The molecule has 2 rings (SSSR count). The molecular weight excluding hydrogens is 336 g/mol. The summed E-state index contributed by atoms with van der Waals surface area (Å²) in [5.41, 5.74) is 4.76. The summed E-state index contributed by atoms with van der Waals surface area (Å²) >= 11 is 0. The highest BCUT2D eigenvalue weighted by Crippen LogP contribution is 2.34. The summed E-state index contributed by atoms with van der Waals surface area (Å²) in [7, 11) is 1.42. The Morgan fingerprint density at radius 1 is 1.15 bits per heavy atom. The Balaban J connectivity index is 2.41. The Bertz CT molecular complexity index is 921. The maximum Gasteiger partial charge on any atom is 0.254 e. The third-order valence-corrected chi connectivity index (χ3v) is 4.43. The van der Waals surface area contributed by atoms with E-state index in [-0.39, 0.29) is 45.5 Å². The van der Waals surface area contributed by atoms with Gasteiger partial charge in [0.2, 0.25) is 0 Å². The van der Waals surface area contributed by atoms with Gasteiger partial charge in [-0.3, -0.25) is 14.4 Å². The molecule has 0 spiro atoms. The SMILES string of the molecule is CNC(=O)c1cc(N)cc(Nc2c(N[C@@H](C)C(C)(C)C)c(=O)c2=O)c1O. The van der Waals surface area contributed by atoms with Crippen molar-refractivity contribution >= 4 is 28.7 Å². The number of nitrogen functional groups attached to an aromatic ring is 1. The molecule has 0 unspecified atom stereocenters. The molecule has 0 saturated carbocycles. The molecule has 0 saturated heterocycles. The lowest BCUT2D eigenvalue weighted by Crippen LogP contribution is -2.41. The lowest BCUT2D eigenvalue weighted by atomic mass is 9.87. The van der Waals surface area contributed by atoms with E-state index in [4.69, 9.17) is 5.73 Å². The van der Waals surface area contributed by atoms with Gasteiger partial charge in [-0.2, -0.15) is 0 Å². The first-order valence-electron chi connectivity index (χ1n) is 8.18. The van der Waals surface area contributed by atoms with Gasteiger partial charge in [0.05, 0.1) is 11.3 Å². The summed E-state index contributed by atoms with van der Waals surface area (Å²) in [6.45, 7) is 7.91. The normalized spacial score (nSPS) is 12.7. The first-order chi connectivity index (χ1) is 12.0. The predicted molar refractivity (Wildman–Crippen MR) is 103 cm³/mol. The quantitative estimate of drug-likeness (QED) is 0.236. The number of amides is 1. The Morgan fingerprint density at radius 2 is 1.73 bits per heavy atom. The number of rotatable bonds is 5. The Kier molecular flexibility index (Phi) is 4.97. The summed E-state index contributed by atoms with van der Waals surface area (Å²) in [4.78, 5) is 35.8. The molecule has 0 bridgehead atoms. The van der Waals surface area contributed by atoms with Crippen molar-refractivity contribution < 1.29 is 9.90 Å². The van der Waals surface area contributed by atoms with E-state index in [2.05, 4.69) is 16.0 Å². The van der Waals surface area contributed by atoms with Crippen LogP contribution in [0.25, 0.3) is 0 Å². The molecule has 0 aliphatic rings. The smallest absolute Gasteiger partial charge is 0.254 e. The second-order valence-corrected chi connectivity index (χ2v) is 7.31. The van der Waals surface area contributed by atoms with Crippen molar-refractivity contribution in [1.82, 2.24) is 5.32 Å². The van der Waals surface area contributed by atoms with Crippen molar-refractivity contribution in [2.45, 2.75) is 33.7 Å². The van der Waals surface area contributed by atoms with Gasteiger partial charge >= 0.3 is 0 Å². The minimum absolute atomic E-state index is 0.0359. The second-order valence-electron chi connectivity index (χ2n) is 7.31. The largest absolute Gasteiger partial charge is 0.505 e. The Labute approximate surface area is 151 Å². The summed E-state index contributed by atoms with van der Waals surface area (Å²) < 4.78 is 0. The van der Waals surface area contributed by atoms with Crippen LogP contribution >= 0.6 is 0 Å². The first kappa shape index (κ1) is 19.3. The predicted octanol–water partition coefficient (Wildman–Crippen LogP) is 1.52. The van der Waals surface area contributed by atoms with Crippen LogP contribution in [0.15, 0.2) is 21.7 Å². The summed E-state index contributed by atoms with van der Waals surface area (Å²) in [5.74, 6) is -0.885. The van der Waals surface area contributed by atoms with Crippen LogP contribution in [0.1, 0.15) is 38.1 Å². The number of hydrogen-bond acceptors (Lipinski definition) is 7. The standard InChI is InChI=1S/C18H24N4O4/c1-8(18(2,3)4)21-12-13(16(25)15(12)24)22-11-7-9(19)6-10(14(11)23)17(26)20-5/h6-8,21-23H,19H2,1-5H3,(H,20,26)/t8-/m0/s1. The molecular formula is C18H24N4O4. The molecule has 0 aliphatic carbocycles. The fraction of sp³-hybridized carbons (Fsp3) is 0.389. The van der Waals surface area contributed by atoms with E-state index in [0.717, 1.165) is 0 Å². The fourth-order valence-electron chi connectivity index (χ4n) is 2.28. The average molecular weight is 360 g/mol. The van der Waals surface area contributed by atoms with Gasteiger partial charge in [0.15, 0.2) is 5.75 Å². The lowest BCUT2D eigenvalue weighted by Gasteiger charge is -2.30. The van der Waals surface area contributed by atoms with Crippen LogP contribution < -0.4 is 32.5 Å². The van der Waals surface area contributed by atoms with Gasteiger partial charge in [0, 0.05) is 18.8 Å². The fourth-order valence-corrected chi connectivity index (χ4v) is 2.28. The van der Waals surface area contributed by atoms with Crippen LogP contribution in [0.2, 0.25) is 0 Å². The Hall–Kier alpha value is -3.03. The summed E-state index contributed by atoms with van der Waals surface area (Å²) in [5, 5.41) is 18.5. The molecule has 2 aromatic carbocycles. The highest BCUT2D eigenvalue weighted by molar-refractivity contribution is 6.00. The van der Waals surface area contributed by atoms with Gasteiger partial charge in [-0.05, 0) is 24.5 Å². The lowest BCUT2D eigenvalue weighted by molar-refractivity contribution is 0.0960. The minimum atomic E-state index is -0.697. The highest BCUT2D eigenvalue weighted by atomic mass is 16.3. The molecule has 140 valence electrons.